The number of nitrogens with one attached hydrogen (secondary N) is 1. The number of methoxy groups -OCH3 is 1. The summed E-state index contributed by atoms with van der Waals surface area (Å²) in [6.07, 6.45) is 1.00. The van der Waals surface area contributed by atoms with E-state index in [1.165, 1.54) is 23.3 Å². The van der Waals surface area contributed by atoms with E-state index in [1.807, 2.05) is 24.3 Å². The number of rotatable bonds is 6. The highest BCUT2D eigenvalue weighted by molar-refractivity contribution is 8.03. The third-order valence-corrected chi connectivity index (χ3v) is 7.70. The fourth-order valence-corrected chi connectivity index (χ4v) is 6.13. The molecule has 0 bridgehead atoms. The Morgan fingerprint density at radius 2 is 2.20 bits per heavy atom. The number of primary sulfonamides is 1. The maximum Gasteiger partial charge on any atom is 0.247 e. The Morgan fingerprint density at radius 3 is 2.88 bits per heavy atom. The van der Waals surface area contributed by atoms with Gasteiger partial charge in [0.15, 0.2) is 0 Å². The first-order chi connectivity index (χ1) is 11.9. The number of nitrogens with two attached hydrogens (primary N) is 1. The van der Waals surface area contributed by atoms with Crippen LogP contribution in [-0.4, -0.2) is 28.6 Å². The smallest absolute Gasteiger partial charge is 0.247 e. The monoisotopic (exact) mass is 399 g/mol. The molecule has 3 N–H and O–H groups in total. The number of nitrogens with zero attached hydrogens (tertiary/aromatic N) is 1. The SMILES string of the molecule is CCCN[C@H]1CN(c2cccc(OC)c2)Sc2sc(S(N)(=O)=O)cc21. The van der Waals surface area contributed by atoms with Crippen LogP contribution in [0.1, 0.15) is 24.9 Å². The van der Waals surface area contributed by atoms with E-state index in [-0.39, 0.29) is 10.3 Å². The second-order valence-electron chi connectivity index (χ2n) is 5.71. The van der Waals surface area contributed by atoms with Crippen LogP contribution in [-0.2, 0) is 10.0 Å². The van der Waals surface area contributed by atoms with Crippen LogP contribution in [0.4, 0.5) is 5.69 Å². The number of hydrogen-bond acceptors (Lipinski definition) is 7. The van der Waals surface area contributed by atoms with Crippen molar-refractivity contribution in [3.05, 3.63) is 35.9 Å². The summed E-state index contributed by atoms with van der Waals surface area (Å²) in [7, 11) is -2.05. The lowest BCUT2D eigenvalue weighted by atomic mass is 10.1. The summed E-state index contributed by atoms with van der Waals surface area (Å²) in [5.41, 5.74) is 2.02. The van der Waals surface area contributed by atoms with Gasteiger partial charge in [0.1, 0.15) is 9.96 Å². The molecule has 0 fully saturated rings. The van der Waals surface area contributed by atoms with Crippen molar-refractivity contribution < 1.29 is 13.2 Å². The van der Waals surface area contributed by atoms with Crippen LogP contribution in [0.2, 0.25) is 0 Å². The topological polar surface area (TPSA) is 84.7 Å². The van der Waals surface area contributed by atoms with Crippen molar-refractivity contribution in [3.63, 3.8) is 0 Å². The summed E-state index contributed by atoms with van der Waals surface area (Å²) in [5, 5.41) is 8.83. The van der Waals surface area contributed by atoms with Crippen LogP contribution in [0.5, 0.6) is 5.75 Å². The first-order valence-electron chi connectivity index (χ1n) is 7.92. The van der Waals surface area contributed by atoms with Crippen molar-refractivity contribution in [2.45, 2.75) is 27.8 Å². The molecule has 9 heteroatoms. The molecule has 1 aromatic carbocycles. The minimum absolute atomic E-state index is 0.0501. The molecule has 6 nitrogen and oxygen atoms in total. The molecule has 1 aliphatic rings. The van der Waals surface area contributed by atoms with Crippen molar-refractivity contribution in [1.29, 1.82) is 0 Å². The van der Waals surface area contributed by atoms with Gasteiger partial charge in [0.25, 0.3) is 0 Å². The van der Waals surface area contributed by atoms with Gasteiger partial charge >= 0.3 is 0 Å². The minimum Gasteiger partial charge on any atom is -0.497 e. The molecule has 0 aliphatic carbocycles. The highest BCUT2D eigenvalue weighted by Crippen LogP contribution is 2.45. The zero-order valence-electron chi connectivity index (χ0n) is 14.1. The summed E-state index contributed by atoms with van der Waals surface area (Å²) in [5.74, 6) is 0.790. The quantitative estimate of drug-likeness (QED) is 0.727. The predicted molar refractivity (Wildman–Crippen MR) is 103 cm³/mol. The zero-order chi connectivity index (χ0) is 18.0. The van der Waals surface area contributed by atoms with Gasteiger partial charge in [0, 0.05) is 12.6 Å². The van der Waals surface area contributed by atoms with E-state index >= 15 is 0 Å². The Labute approximate surface area is 156 Å². The summed E-state index contributed by atoms with van der Waals surface area (Å²) in [4.78, 5) is 0. The van der Waals surface area contributed by atoms with Crippen LogP contribution in [0, 0.1) is 0 Å². The van der Waals surface area contributed by atoms with E-state index in [1.54, 1.807) is 13.2 Å². The van der Waals surface area contributed by atoms with Gasteiger partial charge in [-0.15, -0.1) is 11.3 Å². The molecule has 1 aromatic heterocycles. The van der Waals surface area contributed by atoms with Gasteiger partial charge in [-0.1, -0.05) is 13.0 Å². The lowest BCUT2D eigenvalue weighted by molar-refractivity contribution is 0.415. The van der Waals surface area contributed by atoms with E-state index in [2.05, 4.69) is 16.5 Å². The number of thiophene rings is 1. The van der Waals surface area contributed by atoms with Gasteiger partial charge in [-0.25, -0.2) is 13.6 Å². The van der Waals surface area contributed by atoms with Crippen LogP contribution in [0.3, 0.4) is 0 Å². The molecule has 0 radical (unpaired) electrons. The highest BCUT2D eigenvalue weighted by Gasteiger charge is 2.30. The lowest BCUT2D eigenvalue weighted by Crippen LogP contribution is -2.35. The van der Waals surface area contributed by atoms with E-state index in [0.717, 1.165) is 40.7 Å². The van der Waals surface area contributed by atoms with Gasteiger partial charge in [-0.05, 0) is 48.7 Å². The fraction of sp³-hybridized carbons (Fsp3) is 0.375. The molecule has 0 saturated heterocycles. The third kappa shape index (κ3) is 4.12. The summed E-state index contributed by atoms with van der Waals surface area (Å²) >= 11 is 2.76. The second-order valence-corrected chi connectivity index (χ2v) is 9.84. The Balaban J connectivity index is 1.96. The van der Waals surface area contributed by atoms with Gasteiger partial charge < -0.3 is 14.4 Å². The zero-order valence-corrected chi connectivity index (χ0v) is 16.5. The molecule has 2 heterocycles. The normalized spacial score (nSPS) is 17.4. The number of hydrogen-bond donors (Lipinski definition) is 2. The molecule has 0 spiro atoms. The standard InChI is InChI=1S/C16H21N3O3S3/c1-3-7-18-14-10-19(11-5-4-6-12(8-11)22-2)24-16-13(14)9-15(23-16)25(17,20)21/h4-6,8-9,14,18H,3,7,10H2,1-2H3,(H2,17,20,21)/t14-/m0/s1. The number of ether oxygens (including phenoxy) is 1. The van der Waals surface area contributed by atoms with Crippen molar-refractivity contribution in [3.8, 4) is 5.75 Å². The van der Waals surface area contributed by atoms with Crippen LogP contribution in [0.25, 0.3) is 0 Å². The number of anilines is 1. The van der Waals surface area contributed by atoms with E-state index in [9.17, 15) is 8.42 Å². The molecule has 3 rings (SSSR count). The van der Waals surface area contributed by atoms with E-state index < -0.39 is 10.0 Å². The van der Waals surface area contributed by atoms with Gasteiger partial charge in [0.2, 0.25) is 10.0 Å². The first-order valence-corrected chi connectivity index (χ1v) is 11.1. The average molecular weight is 400 g/mol. The lowest BCUT2D eigenvalue weighted by Gasteiger charge is -2.33. The van der Waals surface area contributed by atoms with E-state index in [0.29, 0.717) is 0 Å². The van der Waals surface area contributed by atoms with Crippen LogP contribution in [0.15, 0.2) is 38.8 Å². The summed E-state index contributed by atoms with van der Waals surface area (Å²) in [6, 6.07) is 9.60. The second kappa shape index (κ2) is 7.55. The predicted octanol–water partition coefficient (Wildman–Crippen LogP) is 2.97. The van der Waals surface area contributed by atoms with Crippen molar-refractivity contribution in [2.75, 3.05) is 24.5 Å². The van der Waals surface area contributed by atoms with E-state index in [4.69, 9.17) is 9.88 Å². The van der Waals surface area contributed by atoms with Crippen molar-refractivity contribution >= 4 is 39.0 Å². The molecule has 0 unspecified atom stereocenters. The summed E-state index contributed by atoms with van der Waals surface area (Å²) in [6.45, 7) is 3.70. The van der Waals surface area contributed by atoms with Gasteiger partial charge in [-0.3, -0.25) is 0 Å². The molecular formula is C16H21N3O3S3. The largest absolute Gasteiger partial charge is 0.497 e. The van der Waals surface area contributed by atoms with Crippen LogP contribution < -0.4 is 19.5 Å². The number of fused-ring (bicyclic) bond motifs is 1. The maximum absolute atomic E-state index is 11.7. The molecule has 0 amide bonds. The molecule has 0 saturated carbocycles. The maximum atomic E-state index is 11.7. The third-order valence-electron chi connectivity index (χ3n) is 3.88. The molecule has 1 atom stereocenters. The minimum atomic E-state index is -3.69. The molecular weight excluding hydrogens is 378 g/mol. The molecule has 2 aromatic rings. The van der Waals surface area contributed by atoms with Crippen molar-refractivity contribution in [1.82, 2.24) is 5.32 Å². The number of sulfonamides is 1. The Bertz CT molecular complexity index is 851. The molecule has 25 heavy (non-hydrogen) atoms. The fourth-order valence-electron chi connectivity index (χ4n) is 2.64. The molecule has 1 aliphatic heterocycles. The average Bonchev–Trinajstić information content (AvgIpc) is 3.04. The Morgan fingerprint density at radius 1 is 1.40 bits per heavy atom. The molecule has 136 valence electrons. The first kappa shape index (κ1) is 18.5. The Hall–Kier alpha value is -1.26. The summed E-state index contributed by atoms with van der Waals surface area (Å²) < 4.78 is 32.1. The van der Waals surface area contributed by atoms with Crippen LogP contribution >= 0.6 is 23.3 Å². The van der Waals surface area contributed by atoms with Gasteiger partial charge in [0.05, 0.1) is 23.0 Å². The number of benzene rings is 1. The highest BCUT2D eigenvalue weighted by atomic mass is 32.3. The Kier molecular flexibility index (Phi) is 5.59. The van der Waals surface area contributed by atoms with Gasteiger partial charge in [-0.2, -0.15) is 0 Å². The van der Waals surface area contributed by atoms with Crippen molar-refractivity contribution in [2.24, 2.45) is 5.14 Å².